The Balaban J connectivity index is 2.19. The molecule has 1 amide bonds. The predicted molar refractivity (Wildman–Crippen MR) is 65.9 cm³/mol. The van der Waals surface area contributed by atoms with Crippen molar-refractivity contribution in [3.05, 3.63) is 62.8 Å². The summed E-state index contributed by atoms with van der Waals surface area (Å²) in [5.74, 6) is -0.572. The average molecular weight is 260 g/mol. The number of hydrogen-bond donors (Lipinski definition) is 2. The van der Waals surface area contributed by atoms with Crippen LogP contribution >= 0.6 is 0 Å². The number of nitro groups is 1. The summed E-state index contributed by atoms with van der Waals surface area (Å²) in [6.45, 7) is 0. The maximum atomic E-state index is 11.7. The second-order valence-corrected chi connectivity index (χ2v) is 3.56. The molecule has 0 bridgehead atoms. The average Bonchev–Trinajstić information content (AvgIpc) is 2.39. The highest BCUT2D eigenvalue weighted by Gasteiger charge is 2.10. The summed E-state index contributed by atoms with van der Waals surface area (Å²) in [6.07, 6.45) is 2.14. The van der Waals surface area contributed by atoms with Gasteiger partial charge in [0.15, 0.2) is 0 Å². The highest BCUT2D eigenvalue weighted by molar-refractivity contribution is 6.02. The number of aromatic amines is 1. The molecule has 0 aliphatic carbocycles. The van der Waals surface area contributed by atoms with E-state index in [9.17, 15) is 19.7 Å². The quantitative estimate of drug-likeness (QED) is 0.628. The first-order valence-corrected chi connectivity index (χ1v) is 5.17. The number of benzene rings is 1. The Hall–Kier alpha value is -3.03. The first-order chi connectivity index (χ1) is 9.06. The minimum absolute atomic E-state index is 0.00565. The number of hydrogen-bond acceptors (Lipinski definition) is 5. The fourth-order valence-corrected chi connectivity index (χ4v) is 1.36. The second-order valence-electron chi connectivity index (χ2n) is 3.56. The normalized spacial score (nSPS) is 9.89. The lowest BCUT2D eigenvalue weighted by molar-refractivity contribution is -0.384. The fraction of sp³-hybridized carbons (Fsp3) is 0. The van der Waals surface area contributed by atoms with Crippen LogP contribution < -0.4 is 10.9 Å². The molecule has 1 aromatic heterocycles. The van der Waals surface area contributed by atoms with Crippen LogP contribution in [-0.2, 0) is 0 Å². The zero-order valence-corrected chi connectivity index (χ0v) is 9.49. The van der Waals surface area contributed by atoms with E-state index in [1.54, 1.807) is 0 Å². The van der Waals surface area contributed by atoms with Crippen molar-refractivity contribution in [3.63, 3.8) is 0 Å². The van der Waals surface area contributed by atoms with Gasteiger partial charge in [-0.05, 0) is 6.07 Å². The molecule has 0 aliphatic heterocycles. The van der Waals surface area contributed by atoms with Crippen molar-refractivity contribution in [2.45, 2.75) is 0 Å². The number of rotatable bonds is 3. The van der Waals surface area contributed by atoms with Gasteiger partial charge in [0.2, 0.25) is 0 Å². The smallest absolute Gasteiger partial charge is 0.275 e. The molecule has 0 spiro atoms. The molecular formula is C11H8N4O4. The molecule has 0 radical (unpaired) electrons. The van der Waals surface area contributed by atoms with E-state index in [-0.39, 0.29) is 17.1 Å². The molecular weight excluding hydrogens is 252 g/mol. The van der Waals surface area contributed by atoms with Crippen LogP contribution in [0.25, 0.3) is 0 Å². The number of anilines is 1. The van der Waals surface area contributed by atoms with Crippen molar-refractivity contribution in [1.29, 1.82) is 0 Å². The van der Waals surface area contributed by atoms with E-state index in [0.717, 1.165) is 12.4 Å². The Kier molecular flexibility index (Phi) is 3.33. The number of carbonyl (C=O) groups excluding carboxylic acids is 1. The van der Waals surface area contributed by atoms with E-state index in [0.29, 0.717) is 0 Å². The first kappa shape index (κ1) is 12.4. The third-order valence-corrected chi connectivity index (χ3v) is 2.22. The molecule has 0 aliphatic rings. The maximum Gasteiger partial charge on any atom is 0.275 e. The fourth-order valence-electron chi connectivity index (χ4n) is 1.36. The Morgan fingerprint density at radius 3 is 2.84 bits per heavy atom. The summed E-state index contributed by atoms with van der Waals surface area (Å²) in [4.78, 5) is 38.5. The minimum Gasteiger partial charge on any atom is -0.325 e. The monoisotopic (exact) mass is 260 g/mol. The zero-order chi connectivity index (χ0) is 13.8. The molecule has 8 nitrogen and oxygen atoms in total. The molecule has 2 rings (SSSR count). The second kappa shape index (κ2) is 5.08. The van der Waals surface area contributed by atoms with E-state index in [4.69, 9.17) is 0 Å². The number of amides is 1. The van der Waals surface area contributed by atoms with Gasteiger partial charge in [0, 0.05) is 24.0 Å². The van der Waals surface area contributed by atoms with Gasteiger partial charge in [-0.1, -0.05) is 6.07 Å². The van der Waals surface area contributed by atoms with Crippen LogP contribution in [-0.4, -0.2) is 20.8 Å². The van der Waals surface area contributed by atoms with Gasteiger partial charge in [-0.2, -0.15) is 0 Å². The van der Waals surface area contributed by atoms with Crippen LogP contribution in [0.15, 0.2) is 41.5 Å². The molecule has 0 atom stereocenters. The van der Waals surface area contributed by atoms with E-state index in [1.807, 2.05) is 0 Å². The molecule has 1 aromatic carbocycles. The third kappa shape index (κ3) is 3.00. The highest BCUT2D eigenvalue weighted by atomic mass is 16.6. The molecule has 1 heterocycles. The highest BCUT2D eigenvalue weighted by Crippen LogP contribution is 2.17. The SMILES string of the molecule is O=C(Nc1cccc([N+](=O)[O-])c1)c1c[nH]c(=O)cn1. The summed E-state index contributed by atoms with van der Waals surface area (Å²) in [6, 6.07) is 5.50. The Morgan fingerprint density at radius 1 is 1.42 bits per heavy atom. The summed E-state index contributed by atoms with van der Waals surface area (Å²) < 4.78 is 0. The largest absolute Gasteiger partial charge is 0.325 e. The summed E-state index contributed by atoms with van der Waals surface area (Å²) >= 11 is 0. The molecule has 0 saturated heterocycles. The molecule has 0 saturated carbocycles. The van der Waals surface area contributed by atoms with Gasteiger partial charge >= 0.3 is 0 Å². The van der Waals surface area contributed by atoms with Crippen molar-refractivity contribution in [2.24, 2.45) is 0 Å². The number of nitrogens with zero attached hydrogens (tertiary/aromatic N) is 2. The Labute approximate surface area is 106 Å². The molecule has 19 heavy (non-hydrogen) atoms. The molecule has 2 N–H and O–H groups in total. The maximum absolute atomic E-state index is 11.7. The predicted octanol–water partition coefficient (Wildman–Crippen LogP) is 0.930. The zero-order valence-electron chi connectivity index (χ0n) is 9.49. The summed E-state index contributed by atoms with van der Waals surface area (Å²) in [7, 11) is 0. The van der Waals surface area contributed by atoms with Crippen LogP contribution in [0.5, 0.6) is 0 Å². The molecule has 96 valence electrons. The molecule has 8 heteroatoms. The Bertz CT molecular complexity index is 675. The van der Waals surface area contributed by atoms with E-state index in [1.165, 1.54) is 24.3 Å². The van der Waals surface area contributed by atoms with Gasteiger partial charge in [-0.15, -0.1) is 0 Å². The molecule has 0 unspecified atom stereocenters. The van der Waals surface area contributed by atoms with Crippen LogP contribution in [0.2, 0.25) is 0 Å². The van der Waals surface area contributed by atoms with Crippen LogP contribution in [0, 0.1) is 10.1 Å². The van der Waals surface area contributed by atoms with E-state index < -0.39 is 16.4 Å². The summed E-state index contributed by atoms with van der Waals surface area (Å²) in [5, 5.41) is 13.0. The third-order valence-electron chi connectivity index (χ3n) is 2.22. The number of nitro benzene ring substituents is 1. The number of aromatic nitrogens is 2. The van der Waals surface area contributed by atoms with Crippen molar-refractivity contribution in [1.82, 2.24) is 9.97 Å². The minimum atomic E-state index is -0.572. The lowest BCUT2D eigenvalue weighted by Crippen LogP contribution is -2.16. The van der Waals surface area contributed by atoms with Crippen molar-refractivity contribution in [3.8, 4) is 0 Å². The lowest BCUT2D eigenvalue weighted by atomic mass is 10.2. The molecule has 0 fully saturated rings. The number of non-ortho nitro benzene ring substituents is 1. The van der Waals surface area contributed by atoms with Crippen molar-refractivity contribution < 1.29 is 9.72 Å². The number of H-pyrrole nitrogens is 1. The van der Waals surface area contributed by atoms with Gasteiger partial charge < -0.3 is 10.3 Å². The van der Waals surface area contributed by atoms with Gasteiger partial charge in [0.05, 0.1) is 11.1 Å². The van der Waals surface area contributed by atoms with Gasteiger partial charge in [-0.3, -0.25) is 19.7 Å². The Morgan fingerprint density at radius 2 is 2.21 bits per heavy atom. The van der Waals surface area contributed by atoms with Crippen molar-refractivity contribution in [2.75, 3.05) is 5.32 Å². The lowest BCUT2D eigenvalue weighted by Gasteiger charge is -2.03. The van der Waals surface area contributed by atoms with Crippen LogP contribution in [0.4, 0.5) is 11.4 Å². The first-order valence-electron chi connectivity index (χ1n) is 5.17. The van der Waals surface area contributed by atoms with E-state index >= 15 is 0 Å². The van der Waals surface area contributed by atoms with Gasteiger partial charge in [-0.25, -0.2) is 4.98 Å². The van der Waals surface area contributed by atoms with E-state index in [2.05, 4.69) is 15.3 Å². The van der Waals surface area contributed by atoms with Crippen LogP contribution in [0.3, 0.4) is 0 Å². The molecule has 2 aromatic rings. The van der Waals surface area contributed by atoms with Crippen LogP contribution in [0.1, 0.15) is 10.5 Å². The van der Waals surface area contributed by atoms with Gasteiger partial charge in [0.1, 0.15) is 5.69 Å². The van der Waals surface area contributed by atoms with Gasteiger partial charge in [0.25, 0.3) is 17.2 Å². The summed E-state index contributed by atoms with van der Waals surface area (Å²) in [5.41, 5.74) is -0.280. The topological polar surface area (TPSA) is 118 Å². The van der Waals surface area contributed by atoms with Crippen molar-refractivity contribution >= 4 is 17.3 Å². The number of carbonyl (C=O) groups is 1. The standard InChI is InChI=1S/C11H8N4O4/c16-10-6-12-9(5-13-10)11(17)14-7-2-1-3-8(4-7)15(18)19/h1-6H,(H,13,16)(H,14,17). The number of nitrogens with one attached hydrogen (secondary N) is 2.